The molecule has 3 aromatic rings. The summed E-state index contributed by atoms with van der Waals surface area (Å²) in [5.74, 6) is 0.442. The van der Waals surface area contributed by atoms with Crippen LogP contribution in [0.3, 0.4) is 0 Å². The lowest BCUT2D eigenvalue weighted by molar-refractivity contribution is -0.122. The largest absolute Gasteiger partial charge is 0.361 e. The smallest absolute Gasteiger partial charge is 0.221 e. The van der Waals surface area contributed by atoms with Crippen LogP contribution in [0.25, 0.3) is 10.9 Å². The summed E-state index contributed by atoms with van der Waals surface area (Å²) in [7, 11) is 0. The Balaban J connectivity index is 2.00. The summed E-state index contributed by atoms with van der Waals surface area (Å²) in [6, 6.07) is 14.4. The molecular weight excluding hydrogens is 368 g/mol. The summed E-state index contributed by atoms with van der Waals surface area (Å²) in [5, 5.41) is 5.03. The fourth-order valence-corrected chi connectivity index (χ4v) is 3.72. The van der Waals surface area contributed by atoms with Gasteiger partial charge >= 0.3 is 0 Å². The molecule has 3 rings (SSSR count). The molecule has 0 saturated carbocycles. The van der Waals surface area contributed by atoms with Gasteiger partial charge in [0, 0.05) is 40.5 Å². The number of aromatic nitrogens is 1. The van der Waals surface area contributed by atoms with Crippen LogP contribution in [-0.4, -0.2) is 16.9 Å². The standard InChI is InChI=1S/C24H29ClN2O/c1-5-17-7-6-8-20-22(14-26-24(17)20)21(18-9-11-19(25)12-10-18)13-23(28)27-16(4)15(2)3/h6-12,14-16,21,26H,5,13H2,1-4H3,(H,27,28). The molecule has 0 saturated heterocycles. The number of amides is 1. The van der Waals surface area contributed by atoms with Crippen molar-refractivity contribution >= 4 is 28.4 Å². The Kier molecular flexibility index (Phi) is 6.46. The Bertz CT molecular complexity index is 943. The van der Waals surface area contributed by atoms with E-state index in [1.165, 1.54) is 10.9 Å². The molecule has 4 heteroatoms. The molecule has 0 aliphatic heterocycles. The molecule has 1 heterocycles. The van der Waals surface area contributed by atoms with Crippen LogP contribution in [-0.2, 0) is 11.2 Å². The summed E-state index contributed by atoms with van der Waals surface area (Å²) >= 11 is 6.10. The predicted molar refractivity (Wildman–Crippen MR) is 118 cm³/mol. The summed E-state index contributed by atoms with van der Waals surface area (Å²) < 4.78 is 0. The fraction of sp³-hybridized carbons (Fsp3) is 0.375. The molecule has 3 nitrogen and oxygen atoms in total. The predicted octanol–water partition coefficient (Wildman–Crippen LogP) is 6.07. The third-order valence-electron chi connectivity index (χ3n) is 5.64. The molecule has 0 spiro atoms. The van der Waals surface area contributed by atoms with Crippen LogP contribution in [0, 0.1) is 5.92 Å². The van der Waals surface area contributed by atoms with Gasteiger partial charge in [-0.2, -0.15) is 0 Å². The van der Waals surface area contributed by atoms with E-state index in [2.05, 4.69) is 62.4 Å². The van der Waals surface area contributed by atoms with E-state index in [9.17, 15) is 4.79 Å². The molecule has 1 aromatic heterocycles. The minimum atomic E-state index is -0.0301. The van der Waals surface area contributed by atoms with Crippen molar-refractivity contribution in [3.63, 3.8) is 0 Å². The number of hydrogen-bond acceptors (Lipinski definition) is 1. The maximum absolute atomic E-state index is 12.8. The van der Waals surface area contributed by atoms with E-state index in [-0.39, 0.29) is 17.9 Å². The van der Waals surface area contributed by atoms with Crippen LogP contribution >= 0.6 is 11.6 Å². The van der Waals surface area contributed by atoms with Crippen molar-refractivity contribution in [3.8, 4) is 0 Å². The molecule has 0 bridgehead atoms. The van der Waals surface area contributed by atoms with Crippen molar-refractivity contribution in [3.05, 3.63) is 70.4 Å². The van der Waals surface area contributed by atoms with Crippen molar-refractivity contribution in [2.75, 3.05) is 0 Å². The lowest BCUT2D eigenvalue weighted by Crippen LogP contribution is -2.36. The second kappa shape index (κ2) is 8.83. The highest BCUT2D eigenvalue weighted by molar-refractivity contribution is 6.30. The van der Waals surface area contributed by atoms with E-state index in [0.717, 1.165) is 23.1 Å². The number of H-pyrrole nitrogens is 1. The van der Waals surface area contributed by atoms with Crippen LogP contribution in [0.5, 0.6) is 0 Å². The van der Waals surface area contributed by atoms with Gasteiger partial charge in [0.2, 0.25) is 5.91 Å². The fourth-order valence-electron chi connectivity index (χ4n) is 3.59. The van der Waals surface area contributed by atoms with Crippen LogP contribution in [0.4, 0.5) is 0 Å². The first-order valence-corrected chi connectivity index (χ1v) is 10.4. The lowest BCUT2D eigenvalue weighted by atomic mass is 9.87. The Morgan fingerprint density at radius 2 is 1.82 bits per heavy atom. The molecular formula is C24H29ClN2O. The first-order valence-electron chi connectivity index (χ1n) is 10.0. The zero-order chi connectivity index (χ0) is 20.3. The van der Waals surface area contributed by atoms with Gasteiger partial charge in [-0.3, -0.25) is 4.79 Å². The van der Waals surface area contributed by atoms with E-state index in [1.54, 1.807) is 0 Å². The number of benzene rings is 2. The van der Waals surface area contributed by atoms with Crippen molar-refractivity contribution in [2.24, 2.45) is 5.92 Å². The monoisotopic (exact) mass is 396 g/mol. The Hall–Kier alpha value is -2.26. The molecule has 2 N–H and O–H groups in total. The highest BCUT2D eigenvalue weighted by Gasteiger charge is 2.23. The van der Waals surface area contributed by atoms with Gasteiger partial charge < -0.3 is 10.3 Å². The van der Waals surface area contributed by atoms with Gasteiger partial charge in [-0.25, -0.2) is 0 Å². The molecule has 0 fully saturated rings. The van der Waals surface area contributed by atoms with E-state index >= 15 is 0 Å². The number of nitrogens with one attached hydrogen (secondary N) is 2. The first-order chi connectivity index (χ1) is 13.4. The second-order valence-electron chi connectivity index (χ2n) is 7.85. The number of hydrogen-bond donors (Lipinski definition) is 2. The summed E-state index contributed by atoms with van der Waals surface area (Å²) in [4.78, 5) is 16.3. The topological polar surface area (TPSA) is 44.9 Å². The number of fused-ring (bicyclic) bond motifs is 1. The number of carbonyl (C=O) groups excluding carboxylic acids is 1. The zero-order valence-electron chi connectivity index (χ0n) is 17.1. The Labute approximate surface area is 172 Å². The van der Waals surface area contributed by atoms with Crippen molar-refractivity contribution in [2.45, 2.75) is 52.5 Å². The third-order valence-corrected chi connectivity index (χ3v) is 5.89. The van der Waals surface area contributed by atoms with Gasteiger partial charge in [-0.05, 0) is 48.1 Å². The minimum Gasteiger partial charge on any atom is -0.361 e. The SMILES string of the molecule is CCc1cccc2c(C(CC(=O)NC(C)C(C)C)c3ccc(Cl)cc3)c[nH]c12. The Morgan fingerprint density at radius 1 is 1.11 bits per heavy atom. The Morgan fingerprint density at radius 3 is 2.46 bits per heavy atom. The van der Waals surface area contributed by atoms with Gasteiger partial charge in [0.15, 0.2) is 0 Å². The molecule has 0 aliphatic rings. The highest BCUT2D eigenvalue weighted by Crippen LogP contribution is 2.35. The van der Waals surface area contributed by atoms with E-state index in [1.807, 2.05) is 24.3 Å². The van der Waals surface area contributed by atoms with Crippen molar-refractivity contribution in [1.29, 1.82) is 0 Å². The average Bonchev–Trinajstić information content (AvgIpc) is 3.10. The molecule has 28 heavy (non-hydrogen) atoms. The quantitative estimate of drug-likeness (QED) is 0.500. The summed E-state index contributed by atoms with van der Waals surface area (Å²) in [5.41, 5.74) is 4.70. The normalized spacial score (nSPS) is 13.6. The zero-order valence-corrected chi connectivity index (χ0v) is 17.8. The number of aromatic amines is 1. The molecule has 2 aromatic carbocycles. The molecule has 0 radical (unpaired) electrons. The van der Waals surface area contributed by atoms with Crippen LogP contribution < -0.4 is 5.32 Å². The van der Waals surface area contributed by atoms with Crippen molar-refractivity contribution < 1.29 is 4.79 Å². The highest BCUT2D eigenvalue weighted by atomic mass is 35.5. The number of aryl methyl sites for hydroxylation is 1. The van der Waals surface area contributed by atoms with E-state index < -0.39 is 0 Å². The minimum absolute atomic E-state index is 0.0301. The van der Waals surface area contributed by atoms with Crippen LogP contribution in [0.15, 0.2) is 48.7 Å². The number of para-hydroxylation sites is 1. The lowest BCUT2D eigenvalue weighted by Gasteiger charge is -2.21. The van der Waals surface area contributed by atoms with Gasteiger partial charge in [0.1, 0.15) is 0 Å². The van der Waals surface area contributed by atoms with Gasteiger partial charge in [0.25, 0.3) is 0 Å². The number of halogens is 1. The molecule has 148 valence electrons. The molecule has 2 atom stereocenters. The summed E-state index contributed by atoms with van der Waals surface area (Å²) in [6.07, 6.45) is 3.43. The first kappa shape index (κ1) is 20.5. The molecule has 1 amide bonds. The maximum Gasteiger partial charge on any atom is 0.221 e. The number of carbonyl (C=O) groups is 1. The third kappa shape index (κ3) is 4.41. The van der Waals surface area contributed by atoms with E-state index in [0.29, 0.717) is 17.4 Å². The van der Waals surface area contributed by atoms with Crippen LogP contribution in [0.1, 0.15) is 56.7 Å². The summed E-state index contributed by atoms with van der Waals surface area (Å²) in [6.45, 7) is 8.45. The average molecular weight is 397 g/mol. The second-order valence-corrected chi connectivity index (χ2v) is 8.28. The van der Waals surface area contributed by atoms with Gasteiger partial charge in [0.05, 0.1) is 0 Å². The van der Waals surface area contributed by atoms with Crippen molar-refractivity contribution in [1.82, 2.24) is 10.3 Å². The molecule has 0 aliphatic carbocycles. The van der Waals surface area contributed by atoms with Gasteiger partial charge in [-0.1, -0.05) is 62.7 Å². The number of rotatable bonds is 7. The van der Waals surface area contributed by atoms with Crippen LogP contribution in [0.2, 0.25) is 5.02 Å². The van der Waals surface area contributed by atoms with Gasteiger partial charge in [-0.15, -0.1) is 0 Å². The maximum atomic E-state index is 12.8. The van der Waals surface area contributed by atoms with E-state index in [4.69, 9.17) is 11.6 Å². The molecule has 2 unspecified atom stereocenters.